The Morgan fingerprint density at radius 3 is 2.36 bits per heavy atom. The summed E-state index contributed by atoms with van der Waals surface area (Å²) in [5.74, 6) is 0. The Labute approximate surface area is 79.3 Å². The molecular formula is C6H4F3MgN. The molecule has 0 bridgehead atoms. The Bertz CT molecular complexity index is 214. The molecule has 1 nitrogen and oxygen atoms in total. The molecular weight excluding hydrogens is 167 g/mol. The second-order valence-electron chi connectivity index (χ2n) is 1.64. The van der Waals surface area contributed by atoms with Crippen LogP contribution in [0.2, 0.25) is 0 Å². The molecule has 0 unspecified atom stereocenters. The number of alkyl halides is 3. The first-order chi connectivity index (χ1) is 4.61. The van der Waals surface area contributed by atoms with E-state index in [0.717, 1.165) is 12.3 Å². The van der Waals surface area contributed by atoms with Gasteiger partial charge in [0.2, 0.25) is 0 Å². The van der Waals surface area contributed by atoms with Crippen molar-refractivity contribution in [2.45, 2.75) is 6.18 Å². The molecule has 0 saturated heterocycles. The van der Waals surface area contributed by atoms with Crippen molar-refractivity contribution in [3.05, 3.63) is 30.1 Å². The third kappa shape index (κ3) is 3.07. The van der Waals surface area contributed by atoms with Crippen molar-refractivity contribution in [1.82, 2.24) is 4.98 Å². The van der Waals surface area contributed by atoms with E-state index < -0.39 is 11.9 Å². The molecule has 0 aliphatic heterocycles. The zero-order valence-electron chi connectivity index (χ0n) is 6.52. The van der Waals surface area contributed by atoms with Crippen LogP contribution in [0.25, 0.3) is 0 Å². The molecule has 0 amide bonds. The Hall–Kier alpha value is -0.294. The topological polar surface area (TPSA) is 12.9 Å². The van der Waals surface area contributed by atoms with Gasteiger partial charge in [-0.15, -0.1) is 0 Å². The normalized spacial score (nSPS) is 10.5. The number of nitrogens with zero attached hydrogens (tertiary/aromatic N) is 1. The van der Waals surface area contributed by atoms with Crippen molar-refractivity contribution >= 4 is 23.1 Å². The van der Waals surface area contributed by atoms with Gasteiger partial charge >= 0.3 is 29.2 Å². The van der Waals surface area contributed by atoms with Gasteiger partial charge in [-0.2, -0.15) is 19.2 Å². The molecule has 0 atom stereocenters. The van der Waals surface area contributed by atoms with E-state index in [2.05, 4.69) is 11.1 Å². The minimum Gasteiger partial charge on any atom is -1.00 e. The van der Waals surface area contributed by atoms with Crippen LogP contribution in [0, 0.1) is 6.07 Å². The van der Waals surface area contributed by atoms with E-state index in [4.69, 9.17) is 0 Å². The van der Waals surface area contributed by atoms with Crippen molar-refractivity contribution in [3.63, 3.8) is 0 Å². The van der Waals surface area contributed by atoms with E-state index in [1.165, 1.54) is 6.07 Å². The first-order valence-corrected chi connectivity index (χ1v) is 2.50. The summed E-state index contributed by atoms with van der Waals surface area (Å²) in [7, 11) is 0. The first-order valence-electron chi connectivity index (χ1n) is 2.50. The van der Waals surface area contributed by atoms with Gasteiger partial charge < -0.3 is 1.43 Å². The molecule has 0 aromatic carbocycles. The second-order valence-corrected chi connectivity index (χ2v) is 1.64. The van der Waals surface area contributed by atoms with Crippen molar-refractivity contribution in [2.24, 2.45) is 0 Å². The van der Waals surface area contributed by atoms with Crippen LogP contribution in [0.15, 0.2) is 18.3 Å². The molecule has 1 aromatic heterocycles. The molecule has 56 valence electrons. The number of hydrogen-bond acceptors (Lipinski definition) is 1. The van der Waals surface area contributed by atoms with E-state index in [-0.39, 0.29) is 24.5 Å². The molecule has 1 heterocycles. The van der Waals surface area contributed by atoms with Crippen molar-refractivity contribution < 1.29 is 14.6 Å². The van der Waals surface area contributed by atoms with Crippen molar-refractivity contribution in [2.75, 3.05) is 0 Å². The number of aromatic nitrogens is 1. The maximum atomic E-state index is 11.7. The van der Waals surface area contributed by atoms with Crippen LogP contribution in [0.1, 0.15) is 7.12 Å². The van der Waals surface area contributed by atoms with Gasteiger partial charge in [0, 0.05) is 0 Å². The van der Waals surface area contributed by atoms with Gasteiger partial charge in [-0.05, 0) is 0 Å². The van der Waals surface area contributed by atoms with E-state index in [0.29, 0.717) is 0 Å². The third-order valence-corrected chi connectivity index (χ3v) is 0.906. The largest absolute Gasteiger partial charge is 2.00 e. The molecule has 0 radical (unpaired) electrons. The monoisotopic (exact) mass is 171 g/mol. The van der Waals surface area contributed by atoms with Crippen molar-refractivity contribution in [1.29, 1.82) is 0 Å². The minimum atomic E-state index is -4.34. The van der Waals surface area contributed by atoms with Gasteiger partial charge in [0.05, 0.1) is 5.69 Å². The molecule has 11 heavy (non-hydrogen) atoms. The summed E-state index contributed by atoms with van der Waals surface area (Å²) in [6, 6.07) is 4.45. The molecule has 0 aliphatic rings. The van der Waals surface area contributed by atoms with Crippen LogP contribution in [-0.2, 0) is 6.18 Å². The van der Waals surface area contributed by atoms with Crippen LogP contribution in [0.5, 0.6) is 0 Å². The molecule has 1 rings (SSSR count). The van der Waals surface area contributed by atoms with E-state index in [9.17, 15) is 13.2 Å². The average molecular weight is 171 g/mol. The van der Waals surface area contributed by atoms with Crippen LogP contribution < -0.4 is 0 Å². The number of pyridine rings is 1. The summed E-state index contributed by atoms with van der Waals surface area (Å²) in [6.07, 6.45) is -3.35. The summed E-state index contributed by atoms with van der Waals surface area (Å²) in [4.78, 5) is 3.07. The van der Waals surface area contributed by atoms with Gasteiger partial charge in [0.25, 0.3) is 0 Å². The molecule has 5 heteroatoms. The summed E-state index contributed by atoms with van der Waals surface area (Å²) >= 11 is 0. The molecule has 0 fully saturated rings. The molecule has 0 aliphatic carbocycles. The SMILES string of the molecule is FC(F)(F)c1cc[c-]cn1.[H-].[Mg+2]. The number of hydrogen-bond donors (Lipinski definition) is 0. The number of rotatable bonds is 0. The maximum Gasteiger partial charge on any atom is 2.00 e. The molecule has 0 spiro atoms. The van der Waals surface area contributed by atoms with E-state index in [1.54, 1.807) is 0 Å². The summed E-state index contributed by atoms with van der Waals surface area (Å²) < 4.78 is 35.1. The molecule has 0 N–H and O–H groups in total. The predicted molar refractivity (Wildman–Crippen MR) is 34.9 cm³/mol. The van der Waals surface area contributed by atoms with Crippen LogP contribution in [0.4, 0.5) is 13.2 Å². The number of halogens is 3. The minimum absolute atomic E-state index is 0. The van der Waals surface area contributed by atoms with Crippen LogP contribution in [0.3, 0.4) is 0 Å². The van der Waals surface area contributed by atoms with Gasteiger partial charge in [-0.25, -0.2) is 12.1 Å². The first kappa shape index (κ1) is 10.7. The second kappa shape index (κ2) is 3.92. The zero-order chi connectivity index (χ0) is 7.61. The third-order valence-electron chi connectivity index (χ3n) is 0.906. The van der Waals surface area contributed by atoms with Crippen molar-refractivity contribution in [3.8, 4) is 0 Å². The maximum absolute atomic E-state index is 11.7. The standard InChI is InChI=1S/C6H3F3N.Mg.H/c7-6(8,9)5-3-1-2-4-10-5;;/h1,3-4H;;/q-1;+2;-1. The fourth-order valence-electron chi connectivity index (χ4n) is 0.488. The van der Waals surface area contributed by atoms with Crippen LogP contribution >= 0.6 is 0 Å². The van der Waals surface area contributed by atoms with Gasteiger partial charge in [-0.1, -0.05) is 6.20 Å². The van der Waals surface area contributed by atoms with E-state index >= 15 is 0 Å². The summed E-state index contributed by atoms with van der Waals surface area (Å²) in [6.45, 7) is 0. The Balaban J connectivity index is 0. The van der Waals surface area contributed by atoms with E-state index in [1.807, 2.05) is 0 Å². The quantitative estimate of drug-likeness (QED) is 0.427. The average Bonchev–Trinajstić information content (AvgIpc) is 1.88. The smallest absolute Gasteiger partial charge is 1.00 e. The summed E-state index contributed by atoms with van der Waals surface area (Å²) in [5.41, 5.74) is -0.883. The predicted octanol–water partition coefficient (Wildman–Crippen LogP) is 1.63. The fourth-order valence-corrected chi connectivity index (χ4v) is 0.488. The summed E-state index contributed by atoms with van der Waals surface area (Å²) in [5, 5.41) is 0. The van der Waals surface area contributed by atoms with Gasteiger partial charge in [0.15, 0.2) is 0 Å². The molecule has 1 aromatic rings. The fraction of sp³-hybridized carbons (Fsp3) is 0.167. The van der Waals surface area contributed by atoms with Crippen LogP contribution in [-0.4, -0.2) is 28.0 Å². The molecule has 0 saturated carbocycles. The van der Waals surface area contributed by atoms with Gasteiger partial charge in [-0.3, -0.25) is 4.98 Å². The Kier molecular flexibility index (Phi) is 3.81. The Morgan fingerprint density at radius 2 is 2.09 bits per heavy atom. The Morgan fingerprint density at radius 1 is 1.45 bits per heavy atom. The van der Waals surface area contributed by atoms with Gasteiger partial charge in [0.1, 0.15) is 0 Å². The zero-order valence-corrected chi connectivity index (χ0v) is 6.93.